The van der Waals surface area contributed by atoms with Crippen LogP contribution in [0.5, 0.6) is 5.75 Å². The van der Waals surface area contributed by atoms with Crippen molar-refractivity contribution in [3.63, 3.8) is 0 Å². The van der Waals surface area contributed by atoms with Crippen LogP contribution < -0.4 is 10.1 Å². The van der Waals surface area contributed by atoms with Crippen LogP contribution >= 0.6 is 0 Å². The molecule has 0 radical (unpaired) electrons. The number of benzene rings is 1. The van der Waals surface area contributed by atoms with Crippen molar-refractivity contribution in [1.29, 1.82) is 0 Å². The molecule has 1 spiro atoms. The highest BCUT2D eigenvalue weighted by molar-refractivity contribution is 6.01. The van der Waals surface area contributed by atoms with Gasteiger partial charge in [0, 0.05) is 31.6 Å². The van der Waals surface area contributed by atoms with E-state index in [2.05, 4.69) is 5.32 Å². The lowest BCUT2D eigenvalue weighted by molar-refractivity contribution is -0.105. The van der Waals surface area contributed by atoms with E-state index < -0.39 is 5.60 Å². The number of Topliss-reactive ketones (excluding diaryl/α,β-unsaturated/α-hetero) is 1. The molecule has 0 saturated carbocycles. The molecule has 3 rings (SSSR count). The van der Waals surface area contributed by atoms with Crippen molar-refractivity contribution >= 4 is 24.0 Å². The third-order valence-corrected chi connectivity index (χ3v) is 4.52. The number of likely N-dealkylation sites (tertiary alicyclic amines) is 1. The Balaban J connectivity index is 1.73. The molecule has 2 aliphatic heterocycles. The fraction of sp³-hybridized carbons (Fsp3) is 0.471. The van der Waals surface area contributed by atoms with Crippen molar-refractivity contribution in [3.05, 3.63) is 23.8 Å². The molecule has 0 unspecified atom stereocenters. The molecule has 2 amide bonds. The molecule has 2 aliphatic rings. The summed E-state index contributed by atoms with van der Waals surface area (Å²) in [4.78, 5) is 36.5. The van der Waals surface area contributed by atoms with Crippen LogP contribution in [0.2, 0.25) is 0 Å². The SMILES string of the molecule is CCOC(=O)N1CCC2(CC1)CC(=O)c1cc(NC=O)ccc1O2. The molecule has 1 fully saturated rings. The third-order valence-electron chi connectivity index (χ3n) is 4.52. The summed E-state index contributed by atoms with van der Waals surface area (Å²) in [5, 5.41) is 2.53. The Bertz CT molecular complexity index is 665. The minimum absolute atomic E-state index is 0.00427. The summed E-state index contributed by atoms with van der Waals surface area (Å²) in [5.41, 5.74) is 0.487. The molecule has 24 heavy (non-hydrogen) atoms. The zero-order valence-electron chi connectivity index (χ0n) is 13.5. The molecule has 0 atom stereocenters. The smallest absolute Gasteiger partial charge is 0.409 e. The van der Waals surface area contributed by atoms with E-state index in [1.54, 1.807) is 30.0 Å². The topological polar surface area (TPSA) is 84.9 Å². The van der Waals surface area contributed by atoms with Crippen molar-refractivity contribution in [2.24, 2.45) is 0 Å². The van der Waals surface area contributed by atoms with Gasteiger partial charge in [0.1, 0.15) is 11.4 Å². The minimum atomic E-state index is -0.563. The van der Waals surface area contributed by atoms with E-state index in [1.807, 2.05) is 0 Å². The molecule has 0 aliphatic carbocycles. The van der Waals surface area contributed by atoms with Crippen molar-refractivity contribution in [3.8, 4) is 5.75 Å². The molecular formula is C17H20N2O5. The predicted molar refractivity (Wildman–Crippen MR) is 86.3 cm³/mol. The number of nitrogens with zero attached hydrogens (tertiary/aromatic N) is 1. The predicted octanol–water partition coefficient (Wildman–Crippen LogP) is 2.21. The van der Waals surface area contributed by atoms with Crippen LogP contribution in [0.15, 0.2) is 18.2 Å². The molecule has 1 saturated heterocycles. The fourth-order valence-corrected chi connectivity index (χ4v) is 3.24. The number of nitrogens with one attached hydrogen (secondary N) is 1. The maximum atomic E-state index is 12.5. The summed E-state index contributed by atoms with van der Waals surface area (Å²) in [6.07, 6.45) is 1.71. The second-order valence-electron chi connectivity index (χ2n) is 6.04. The van der Waals surface area contributed by atoms with E-state index in [9.17, 15) is 14.4 Å². The van der Waals surface area contributed by atoms with Gasteiger partial charge in [-0.1, -0.05) is 0 Å². The molecule has 1 aromatic rings. The Morgan fingerprint density at radius 3 is 2.83 bits per heavy atom. The monoisotopic (exact) mass is 332 g/mol. The Morgan fingerprint density at radius 2 is 2.17 bits per heavy atom. The number of piperidine rings is 1. The Hall–Kier alpha value is -2.57. The molecule has 0 aromatic heterocycles. The van der Waals surface area contributed by atoms with Crippen LogP contribution in [0.25, 0.3) is 0 Å². The van der Waals surface area contributed by atoms with E-state index >= 15 is 0 Å². The molecule has 128 valence electrons. The van der Waals surface area contributed by atoms with Crippen LogP contribution in [0.3, 0.4) is 0 Å². The molecule has 1 aromatic carbocycles. The molecular weight excluding hydrogens is 312 g/mol. The normalized spacial score (nSPS) is 18.5. The highest BCUT2D eigenvalue weighted by Crippen LogP contribution is 2.40. The quantitative estimate of drug-likeness (QED) is 0.858. The number of ketones is 1. The van der Waals surface area contributed by atoms with Gasteiger partial charge in [-0.2, -0.15) is 0 Å². The zero-order chi connectivity index (χ0) is 17.2. The number of carbonyl (C=O) groups excluding carboxylic acids is 3. The number of carbonyl (C=O) groups is 3. The maximum Gasteiger partial charge on any atom is 0.409 e. The molecule has 2 heterocycles. The number of fused-ring (bicyclic) bond motifs is 1. The molecule has 7 heteroatoms. The Kier molecular flexibility index (Phi) is 4.42. The zero-order valence-corrected chi connectivity index (χ0v) is 13.5. The van der Waals surface area contributed by atoms with Gasteiger partial charge in [-0.3, -0.25) is 9.59 Å². The van der Waals surface area contributed by atoms with Crippen molar-refractivity contribution in [1.82, 2.24) is 4.90 Å². The first kappa shape index (κ1) is 16.3. The van der Waals surface area contributed by atoms with Gasteiger partial charge in [0.25, 0.3) is 0 Å². The number of hydrogen-bond acceptors (Lipinski definition) is 5. The van der Waals surface area contributed by atoms with Crippen LogP contribution in [0.1, 0.15) is 36.5 Å². The van der Waals surface area contributed by atoms with Gasteiger partial charge in [-0.05, 0) is 25.1 Å². The minimum Gasteiger partial charge on any atom is -0.486 e. The number of amides is 2. The van der Waals surface area contributed by atoms with E-state index in [-0.39, 0.29) is 18.3 Å². The van der Waals surface area contributed by atoms with Gasteiger partial charge < -0.3 is 19.7 Å². The van der Waals surface area contributed by atoms with E-state index in [0.29, 0.717) is 55.9 Å². The first-order chi connectivity index (χ1) is 11.6. The highest BCUT2D eigenvalue weighted by Gasteiger charge is 2.43. The number of hydrogen-bond donors (Lipinski definition) is 1. The Labute approximate surface area is 139 Å². The van der Waals surface area contributed by atoms with E-state index in [1.165, 1.54) is 0 Å². The number of rotatable bonds is 3. The van der Waals surface area contributed by atoms with Crippen molar-refractivity contribution in [2.45, 2.75) is 31.8 Å². The highest BCUT2D eigenvalue weighted by atomic mass is 16.6. The molecule has 0 bridgehead atoms. The molecule has 7 nitrogen and oxygen atoms in total. The van der Waals surface area contributed by atoms with E-state index in [4.69, 9.17) is 9.47 Å². The second-order valence-corrected chi connectivity index (χ2v) is 6.04. The molecule has 1 N–H and O–H groups in total. The second kappa shape index (κ2) is 6.51. The summed E-state index contributed by atoms with van der Waals surface area (Å²) >= 11 is 0. The van der Waals surface area contributed by atoms with E-state index in [0.717, 1.165) is 0 Å². The van der Waals surface area contributed by atoms with Gasteiger partial charge in [0.15, 0.2) is 5.78 Å². The van der Waals surface area contributed by atoms with Crippen LogP contribution in [-0.2, 0) is 9.53 Å². The first-order valence-corrected chi connectivity index (χ1v) is 8.05. The van der Waals surface area contributed by atoms with Gasteiger partial charge in [0.05, 0.1) is 18.6 Å². The van der Waals surface area contributed by atoms with Gasteiger partial charge in [0.2, 0.25) is 6.41 Å². The first-order valence-electron chi connectivity index (χ1n) is 8.05. The summed E-state index contributed by atoms with van der Waals surface area (Å²) in [7, 11) is 0. The lowest BCUT2D eigenvalue weighted by Crippen LogP contribution is -2.52. The summed E-state index contributed by atoms with van der Waals surface area (Å²) < 4.78 is 11.2. The number of anilines is 1. The van der Waals surface area contributed by atoms with Gasteiger partial charge in [-0.25, -0.2) is 4.79 Å². The lowest BCUT2D eigenvalue weighted by atomic mass is 9.82. The summed E-state index contributed by atoms with van der Waals surface area (Å²) in [5.74, 6) is 0.530. The fourth-order valence-electron chi connectivity index (χ4n) is 3.24. The standard InChI is InChI=1S/C17H20N2O5/c1-2-23-16(22)19-7-5-17(6-8-19)10-14(21)13-9-12(18-11-20)3-4-15(13)24-17/h3-4,9,11H,2,5-8,10H2,1H3,(H,18,20). The van der Waals surface area contributed by atoms with Gasteiger partial charge >= 0.3 is 6.09 Å². The van der Waals surface area contributed by atoms with Crippen LogP contribution in [0.4, 0.5) is 10.5 Å². The Morgan fingerprint density at radius 1 is 1.42 bits per heavy atom. The lowest BCUT2D eigenvalue weighted by Gasteiger charge is -2.43. The average Bonchev–Trinajstić information content (AvgIpc) is 2.57. The summed E-state index contributed by atoms with van der Waals surface area (Å²) in [6.45, 7) is 3.13. The third kappa shape index (κ3) is 3.06. The van der Waals surface area contributed by atoms with Crippen molar-refractivity contribution < 1.29 is 23.9 Å². The average molecular weight is 332 g/mol. The van der Waals surface area contributed by atoms with Gasteiger partial charge in [-0.15, -0.1) is 0 Å². The maximum absolute atomic E-state index is 12.5. The number of ether oxygens (including phenoxy) is 2. The summed E-state index contributed by atoms with van der Waals surface area (Å²) in [6, 6.07) is 5.04. The van der Waals surface area contributed by atoms with Crippen molar-refractivity contribution in [2.75, 3.05) is 25.0 Å². The van der Waals surface area contributed by atoms with Crippen LogP contribution in [0, 0.1) is 0 Å². The largest absolute Gasteiger partial charge is 0.486 e. The van der Waals surface area contributed by atoms with Crippen LogP contribution in [-0.4, -0.2) is 48.5 Å².